The number of rotatable bonds is 6. The molecule has 4 bridgehead atoms. The Hall–Kier alpha value is -1.14. The van der Waals surface area contributed by atoms with Gasteiger partial charge in [-0.05, 0) is 45.4 Å². The van der Waals surface area contributed by atoms with Gasteiger partial charge in [-0.15, -0.1) is 0 Å². The van der Waals surface area contributed by atoms with E-state index in [0.717, 1.165) is 6.42 Å². The fourth-order valence-corrected chi connectivity index (χ4v) is 5.68. The summed E-state index contributed by atoms with van der Waals surface area (Å²) >= 11 is 0. The van der Waals surface area contributed by atoms with Crippen molar-refractivity contribution in [2.24, 2.45) is 11.3 Å². The van der Waals surface area contributed by atoms with Gasteiger partial charge in [-0.25, -0.2) is 4.79 Å². The Bertz CT molecular complexity index is 550. The zero-order chi connectivity index (χ0) is 18.5. The average Bonchev–Trinajstić information content (AvgIpc) is 2.39. The van der Waals surface area contributed by atoms with E-state index >= 15 is 0 Å². The van der Waals surface area contributed by atoms with Gasteiger partial charge in [0.1, 0.15) is 5.60 Å². The summed E-state index contributed by atoms with van der Waals surface area (Å²) in [4.78, 5) is 24.4. The summed E-state index contributed by atoms with van der Waals surface area (Å²) in [7, 11) is 0. The van der Waals surface area contributed by atoms with Gasteiger partial charge in [-0.3, -0.25) is 4.79 Å². The van der Waals surface area contributed by atoms with Crippen LogP contribution in [0.25, 0.3) is 0 Å². The molecule has 0 heterocycles. The van der Waals surface area contributed by atoms with Crippen molar-refractivity contribution in [2.45, 2.75) is 88.9 Å². The summed E-state index contributed by atoms with van der Waals surface area (Å²) < 4.78 is 10.8. The molecule has 25 heavy (non-hydrogen) atoms. The van der Waals surface area contributed by atoms with Gasteiger partial charge >= 0.3 is 11.9 Å². The molecule has 6 nitrogen and oxygen atoms in total. The Kier molecular flexibility index (Phi) is 4.44. The summed E-state index contributed by atoms with van der Waals surface area (Å²) in [6, 6.07) is 0. The van der Waals surface area contributed by atoms with E-state index in [2.05, 4.69) is 0 Å². The molecule has 0 radical (unpaired) electrons. The van der Waals surface area contributed by atoms with E-state index in [-0.39, 0.29) is 5.92 Å². The molecule has 0 amide bonds. The lowest BCUT2D eigenvalue weighted by molar-refractivity contribution is -0.262. The second-order valence-electron chi connectivity index (χ2n) is 9.32. The van der Waals surface area contributed by atoms with Gasteiger partial charge in [0.25, 0.3) is 0 Å². The van der Waals surface area contributed by atoms with Crippen molar-refractivity contribution in [3.05, 3.63) is 0 Å². The first-order valence-electron chi connectivity index (χ1n) is 9.33. The van der Waals surface area contributed by atoms with E-state index in [9.17, 15) is 19.8 Å². The topological polar surface area (TPSA) is 93.1 Å². The highest BCUT2D eigenvalue weighted by Gasteiger charge is 2.64. The highest BCUT2D eigenvalue weighted by Crippen LogP contribution is 2.60. The van der Waals surface area contributed by atoms with Crippen LogP contribution in [0.5, 0.6) is 0 Å². The second-order valence-corrected chi connectivity index (χ2v) is 9.32. The monoisotopic (exact) mass is 354 g/mol. The van der Waals surface area contributed by atoms with Crippen molar-refractivity contribution < 1.29 is 29.3 Å². The Balaban J connectivity index is 1.59. The van der Waals surface area contributed by atoms with Crippen molar-refractivity contribution >= 4 is 11.9 Å². The third-order valence-corrected chi connectivity index (χ3v) is 6.04. The SMILES string of the molecule is CCCC(C)(C)C(=O)OCC(=O)OC12CC3CC(O)(CC(O)(C3)C1)C2. The quantitative estimate of drug-likeness (QED) is 0.710. The summed E-state index contributed by atoms with van der Waals surface area (Å²) in [5, 5.41) is 21.4. The van der Waals surface area contributed by atoms with Crippen molar-refractivity contribution in [3.8, 4) is 0 Å². The minimum absolute atomic E-state index is 0.171. The molecule has 4 fully saturated rings. The zero-order valence-electron chi connectivity index (χ0n) is 15.5. The maximum absolute atomic E-state index is 12.3. The van der Waals surface area contributed by atoms with Gasteiger partial charge in [0.2, 0.25) is 0 Å². The summed E-state index contributed by atoms with van der Waals surface area (Å²) in [6.07, 6.45) is 4.61. The van der Waals surface area contributed by atoms with Crippen molar-refractivity contribution in [2.75, 3.05) is 6.61 Å². The van der Waals surface area contributed by atoms with Crippen LogP contribution in [0.2, 0.25) is 0 Å². The van der Waals surface area contributed by atoms with E-state index in [1.807, 2.05) is 6.92 Å². The van der Waals surface area contributed by atoms with Crippen LogP contribution >= 0.6 is 0 Å². The first-order valence-corrected chi connectivity index (χ1v) is 9.33. The molecule has 2 unspecified atom stereocenters. The minimum Gasteiger partial charge on any atom is -0.456 e. The number of carbonyl (C=O) groups excluding carboxylic acids is 2. The second kappa shape index (κ2) is 5.95. The van der Waals surface area contributed by atoms with Crippen molar-refractivity contribution in [1.29, 1.82) is 0 Å². The number of ether oxygens (including phenoxy) is 2. The van der Waals surface area contributed by atoms with Crippen LogP contribution in [0.1, 0.15) is 72.1 Å². The standard InChI is InChI=1S/C19H30O6/c1-4-5-16(2,3)15(21)24-9-14(20)25-19-8-13-6-17(22,11-19)10-18(23,7-13)12-19/h13,22-23H,4-12H2,1-3H3. The molecule has 2 N–H and O–H groups in total. The lowest BCUT2D eigenvalue weighted by Gasteiger charge is -2.62. The lowest BCUT2D eigenvalue weighted by atomic mass is 9.50. The largest absolute Gasteiger partial charge is 0.456 e. The van der Waals surface area contributed by atoms with Crippen molar-refractivity contribution in [3.63, 3.8) is 0 Å². The molecule has 2 atom stereocenters. The van der Waals surface area contributed by atoms with E-state index in [0.29, 0.717) is 44.9 Å². The molecule has 4 saturated carbocycles. The molecule has 0 saturated heterocycles. The highest BCUT2D eigenvalue weighted by molar-refractivity contribution is 5.80. The van der Waals surface area contributed by atoms with Gasteiger partial charge < -0.3 is 19.7 Å². The third-order valence-electron chi connectivity index (χ3n) is 6.04. The molecule has 4 rings (SSSR count). The molecule has 142 valence electrons. The molecular weight excluding hydrogens is 324 g/mol. The van der Waals surface area contributed by atoms with E-state index in [4.69, 9.17) is 9.47 Å². The van der Waals surface area contributed by atoms with Gasteiger partial charge in [0, 0.05) is 19.3 Å². The fourth-order valence-electron chi connectivity index (χ4n) is 5.68. The van der Waals surface area contributed by atoms with Crippen LogP contribution in [0.4, 0.5) is 0 Å². The van der Waals surface area contributed by atoms with Crippen molar-refractivity contribution in [1.82, 2.24) is 0 Å². The summed E-state index contributed by atoms with van der Waals surface area (Å²) in [5.74, 6) is -0.839. The zero-order valence-corrected chi connectivity index (χ0v) is 15.5. The van der Waals surface area contributed by atoms with Crippen LogP contribution in [0.3, 0.4) is 0 Å². The lowest BCUT2D eigenvalue weighted by Crippen LogP contribution is -2.67. The van der Waals surface area contributed by atoms with E-state index in [1.54, 1.807) is 13.8 Å². The van der Waals surface area contributed by atoms with Crippen LogP contribution in [0.15, 0.2) is 0 Å². The molecule has 0 aromatic carbocycles. The highest BCUT2D eigenvalue weighted by atomic mass is 16.6. The van der Waals surface area contributed by atoms with E-state index in [1.165, 1.54) is 0 Å². The van der Waals surface area contributed by atoms with Gasteiger partial charge in [-0.2, -0.15) is 0 Å². The normalized spacial score (nSPS) is 39.3. The maximum atomic E-state index is 12.3. The Morgan fingerprint density at radius 2 is 1.68 bits per heavy atom. The molecule has 0 spiro atoms. The maximum Gasteiger partial charge on any atom is 0.344 e. The molecule has 0 aliphatic heterocycles. The average molecular weight is 354 g/mol. The van der Waals surface area contributed by atoms with Gasteiger partial charge in [0.15, 0.2) is 6.61 Å². The first kappa shape index (κ1) is 18.6. The number of hydrogen-bond donors (Lipinski definition) is 2. The van der Waals surface area contributed by atoms with Crippen LogP contribution in [-0.4, -0.2) is 45.6 Å². The van der Waals surface area contributed by atoms with Crippen LogP contribution in [0, 0.1) is 11.3 Å². The Morgan fingerprint density at radius 1 is 1.08 bits per heavy atom. The molecule has 4 aliphatic rings. The Morgan fingerprint density at radius 3 is 2.20 bits per heavy atom. The summed E-state index contributed by atoms with van der Waals surface area (Å²) in [6.45, 7) is 5.17. The van der Waals surface area contributed by atoms with Crippen LogP contribution < -0.4 is 0 Å². The Labute approximate surface area is 148 Å². The first-order chi connectivity index (χ1) is 11.5. The van der Waals surface area contributed by atoms with E-state index < -0.39 is 40.8 Å². The molecule has 0 aromatic heterocycles. The molecule has 0 aromatic rings. The third kappa shape index (κ3) is 3.70. The van der Waals surface area contributed by atoms with Gasteiger partial charge in [-0.1, -0.05) is 13.3 Å². The fraction of sp³-hybridized carbons (Fsp3) is 0.895. The molecule has 4 aliphatic carbocycles. The smallest absolute Gasteiger partial charge is 0.344 e. The molecule has 6 heteroatoms. The summed E-state index contributed by atoms with van der Waals surface area (Å²) in [5.41, 5.74) is -3.35. The van der Waals surface area contributed by atoms with Gasteiger partial charge in [0.05, 0.1) is 16.6 Å². The molecular formula is C19H30O6. The number of aliphatic hydroxyl groups is 2. The number of hydrogen-bond acceptors (Lipinski definition) is 6. The minimum atomic E-state index is -0.950. The number of esters is 2. The number of carbonyl (C=O) groups is 2. The predicted molar refractivity (Wildman–Crippen MR) is 89.6 cm³/mol. The predicted octanol–water partition coefficient (Wildman–Crippen LogP) is 2.10. The van der Waals surface area contributed by atoms with Crippen LogP contribution in [-0.2, 0) is 19.1 Å².